The number of aromatic nitrogens is 1. The highest BCUT2D eigenvalue weighted by Crippen LogP contribution is 2.48. The van der Waals surface area contributed by atoms with Crippen LogP contribution in [0.2, 0.25) is 10.0 Å². The number of nitrogens with one attached hydrogen (secondary N) is 1. The Labute approximate surface area is 214 Å². The summed E-state index contributed by atoms with van der Waals surface area (Å²) in [6.07, 6.45) is -2.20. The first kappa shape index (κ1) is 24.4. The van der Waals surface area contributed by atoms with Crippen LogP contribution in [0, 0.1) is 0 Å². The van der Waals surface area contributed by atoms with Gasteiger partial charge in [0.1, 0.15) is 0 Å². The maximum absolute atomic E-state index is 14.3. The first-order valence-corrected chi connectivity index (χ1v) is 11.6. The summed E-state index contributed by atoms with van der Waals surface area (Å²) in [6.45, 7) is 0.629. The number of nitrogens with zero attached hydrogens (tertiary/aromatic N) is 3. The number of carbonyl (C=O) groups excluding carboxylic acids is 1. The van der Waals surface area contributed by atoms with E-state index in [1.165, 1.54) is 6.07 Å². The number of alkyl halides is 3. The predicted molar refractivity (Wildman–Crippen MR) is 130 cm³/mol. The number of amides is 1. The maximum Gasteiger partial charge on any atom is 0.428 e. The minimum atomic E-state index is -4.82. The number of hydrogen-bond donors (Lipinski definition) is 1. The van der Waals surface area contributed by atoms with Gasteiger partial charge in [0.25, 0.3) is 5.91 Å². The number of pyridine rings is 1. The molecule has 36 heavy (non-hydrogen) atoms. The first-order chi connectivity index (χ1) is 17.1. The van der Waals surface area contributed by atoms with Gasteiger partial charge >= 0.3 is 6.18 Å². The van der Waals surface area contributed by atoms with Crippen molar-refractivity contribution in [2.75, 3.05) is 18.6 Å². The van der Waals surface area contributed by atoms with Gasteiger partial charge in [-0.25, -0.2) is 0 Å². The largest absolute Gasteiger partial charge is 0.428 e. The molecule has 2 aromatic carbocycles. The predicted octanol–water partition coefficient (Wildman–Crippen LogP) is 5.77. The Morgan fingerprint density at radius 2 is 1.86 bits per heavy atom. The van der Waals surface area contributed by atoms with E-state index in [1.807, 2.05) is 17.0 Å². The lowest BCUT2D eigenvalue weighted by Gasteiger charge is -2.36. The molecule has 0 aliphatic carbocycles. The average molecular weight is 535 g/mol. The molecule has 0 saturated heterocycles. The van der Waals surface area contributed by atoms with Crippen LogP contribution in [0.1, 0.15) is 27.2 Å². The Morgan fingerprint density at radius 1 is 1.11 bits per heavy atom. The molecule has 3 aromatic rings. The lowest BCUT2D eigenvalue weighted by Crippen LogP contribution is -2.44. The van der Waals surface area contributed by atoms with E-state index in [2.05, 4.69) is 10.5 Å². The van der Waals surface area contributed by atoms with Crippen molar-refractivity contribution in [3.05, 3.63) is 99.3 Å². The van der Waals surface area contributed by atoms with E-state index in [0.29, 0.717) is 30.0 Å². The molecule has 0 bridgehead atoms. The molecule has 186 valence electrons. The molecular weight excluding hydrogens is 516 g/mol. The van der Waals surface area contributed by atoms with Crippen LogP contribution >= 0.6 is 23.2 Å². The molecule has 5 rings (SSSR count). The molecule has 3 heterocycles. The fourth-order valence-electron chi connectivity index (χ4n) is 4.33. The topological polar surface area (TPSA) is 57.7 Å². The van der Waals surface area contributed by atoms with Crippen LogP contribution < -0.4 is 10.4 Å². The third-order valence-corrected chi connectivity index (χ3v) is 6.52. The molecule has 11 heteroatoms. The molecule has 1 amide bonds. The van der Waals surface area contributed by atoms with Gasteiger partial charge in [0.05, 0.1) is 35.9 Å². The summed E-state index contributed by atoms with van der Waals surface area (Å²) in [7, 11) is 1.81. The van der Waals surface area contributed by atoms with Gasteiger partial charge in [0, 0.05) is 34.4 Å². The standard InChI is InChI=1S/C25H19Cl2F3N4O2/c1-33-14-34(13-19-4-2-3-7-31-19)23(35)20-6-5-15(8-22(20)33)21-12-24(36-32-21,25(28,29)30)16-9-17(26)11-18(27)10-16/h2-12,32H,13-14H2,1H3. The van der Waals surface area contributed by atoms with Gasteiger partial charge in [-0.05, 0) is 48.5 Å². The average Bonchev–Trinajstić information content (AvgIpc) is 3.29. The summed E-state index contributed by atoms with van der Waals surface area (Å²) >= 11 is 11.9. The van der Waals surface area contributed by atoms with Crippen molar-refractivity contribution < 1.29 is 22.8 Å². The van der Waals surface area contributed by atoms with Gasteiger partial charge in [-0.2, -0.15) is 13.2 Å². The van der Waals surface area contributed by atoms with E-state index in [0.717, 1.165) is 23.9 Å². The minimum Gasteiger partial charge on any atom is -0.356 e. The van der Waals surface area contributed by atoms with E-state index in [9.17, 15) is 18.0 Å². The Balaban J connectivity index is 1.49. The number of fused-ring (bicyclic) bond motifs is 1. The zero-order valence-electron chi connectivity index (χ0n) is 18.8. The molecule has 1 unspecified atom stereocenters. The molecule has 0 spiro atoms. The quantitative estimate of drug-likeness (QED) is 0.460. The zero-order valence-corrected chi connectivity index (χ0v) is 20.3. The molecular formula is C25H19Cl2F3N4O2. The second kappa shape index (κ2) is 8.99. The third kappa shape index (κ3) is 4.27. The molecule has 1 N–H and O–H groups in total. The fraction of sp³-hybridized carbons (Fsp3) is 0.200. The molecule has 6 nitrogen and oxygen atoms in total. The first-order valence-electron chi connectivity index (χ1n) is 10.8. The van der Waals surface area contributed by atoms with Crippen molar-refractivity contribution in [1.29, 1.82) is 0 Å². The summed E-state index contributed by atoms with van der Waals surface area (Å²) in [4.78, 5) is 26.1. The molecule has 2 aliphatic rings. The number of rotatable bonds is 4. The van der Waals surface area contributed by atoms with Gasteiger partial charge in [-0.15, -0.1) is 0 Å². The van der Waals surface area contributed by atoms with Gasteiger partial charge < -0.3 is 9.80 Å². The summed E-state index contributed by atoms with van der Waals surface area (Å²) < 4.78 is 42.9. The monoisotopic (exact) mass is 534 g/mol. The van der Waals surface area contributed by atoms with Gasteiger partial charge in [-0.3, -0.25) is 20.1 Å². The highest BCUT2D eigenvalue weighted by atomic mass is 35.5. The van der Waals surface area contributed by atoms with Crippen LogP contribution in [0.25, 0.3) is 5.70 Å². The van der Waals surface area contributed by atoms with Crippen molar-refractivity contribution >= 4 is 40.5 Å². The van der Waals surface area contributed by atoms with Crippen molar-refractivity contribution in [3.8, 4) is 0 Å². The molecule has 1 atom stereocenters. The Hall–Kier alpha value is -3.27. The molecule has 0 radical (unpaired) electrons. The Bertz CT molecular complexity index is 1350. The van der Waals surface area contributed by atoms with Crippen LogP contribution in [0.3, 0.4) is 0 Å². The fourth-order valence-corrected chi connectivity index (χ4v) is 4.85. The second-order valence-corrected chi connectivity index (χ2v) is 9.42. The van der Waals surface area contributed by atoms with Crippen LogP contribution in [-0.2, 0) is 17.0 Å². The lowest BCUT2D eigenvalue weighted by molar-refractivity contribution is -0.269. The third-order valence-electron chi connectivity index (χ3n) is 6.08. The zero-order chi connectivity index (χ0) is 25.7. The molecule has 2 aliphatic heterocycles. The molecule has 0 fully saturated rings. The van der Waals surface area contributed by atoms with Crippen molar-refractivity contribution in [2.45, 2.75) is 18.3 Å². The normalized spacial score (nSPS) is 19.7. The van der Waals surface area contributed by atoms with E-state index in [1.54, 1.807) is 42.4 Å². The summed E-state index contributed by atoms with van der Waals surface area (Å²) in [5, 5.41) is 0.103. The van der Waals surface area contributed by atoms with E-state index in [4.69, 9.17) is 28.0 Å². The Kier molecular flexibility index (Phi) is 6.10. The van der Waals surface area contributed by atoms with Crippen molar-refractivity contribution in [2.24, 2.45) is 0 Å². The SMILES string of the molecule is CN1CN(Cc2ccccn2)C(=O)c2ccc(C3=CC(c4cc(Cl)cc(Cl)c4)(C(F)(F)F)ON3)cc21. The van der Waals surface area contributed by atoms with Crippen LogP contribution in [-0.4, -0.2) is 35.7 Å². The highest BCUT2D eigenvalue weighted by Gasteiger charge is 2.59. The van der Waals surface area contributed by atoms with Crippen molar-refractivity contribution in [3.63, 3.8) is 0 Å². The van der Waals surface area contributed by atoms with Crippen LogP contribution in [0.15, 0.2) is 66.9 Å². The number of carbonyl (C=O) groups is 1. The maximum atomic E-state index is 14.3. The van der Waals surface area contributed by atoms with Crippen LogP contribution in [0.5, 0.6) is 0 Å². The van der Waals surface area contributed by atoms with Gasteiger partial charge in [0.2, 0.25) is 5.60 Å². The van der Waals surface area contributed by atoms with Gasteiger partial charge in [0.15, 0.2) is 0 Å². The van der Waals surface area contributed by atoms with Crippen molar-refractivity contribution in [1.82, 2.24) is 15.4 Å². The summed E-state index contributed by atoms with van der Waals surface area (Å²) in [5.74, 6) is -0.192. The minimum absolute atomic E-state index is 0.0516. The van der Waals surface area contributed by atoms with E-state index >= 15 is 0 Å². The van der Waals surface area contributed by atoms with Gasteiger partial charge in [-0.1, -0.05) is 35.3 Å². The lowest BCUT2D eigenvalue weighted by atomic mass is 9.91. The molecule has 0 saturated carbocycles. The number of hydroxylamine groups is 1. The molecule has 1 aromatic heterocycles. The highest BCUT2D eigenvalue weighted by molar-refractivity contribution is 6.34. The summed E-state index contributed by atoms with van der Waals surface area (Å²) in [5.41, 5.74) is 1.66. The van der Waals surface area contributed by atoms with Crippen LogP contribution in [0.4, 0.5) is 18.9 Å². The Morgan fingerprint density at radius 3 is 2.53 bits per heavy atom. The summed E-state index contributed by atoms with van der Waals surface area (Å²) in [6, 6.07) is 14.0. The number of halogens is 5. The number of anilines is 1. The van der Waals surface area contributed by atoms with E-state index in [-0.39, 0.29) is 27.2 Å². The number of benzene rings is 2. The smallest absolute Gasteiger partial charge is 0.356 e. The van der Waals surface area contributed by atoms with E-state index < -0.39 is 11.8 Å². The second-order valence-electron chi connectivity index (χ2n) is 8.55. The number of hydrogen-bond acceptors (Lipinski definition) is 5.